The van der Waals surface area contributed by atoms with Crippen molar-refractivity contribution in [3.8, 4) is 5.75 Å². The fourth-order valence-corrected chi connectivity index (χ4v) is 3.57. The van der Waals surface area contributed by atoms with Gasteiger partial charge in [-0.15, -0.1) is 0 Å². The van der Waals surface area contributed by atoms with Crippen LogP contribution in [-0.4, -0.2) is 48.2 Å². The molecule has 0 bridgehead atoms. The number of nitrogens with zero attached hydrogens (tertiary/aromatic N) is 4. The zero-order valence-electron chi connectivity index (χ0n) is 16.0. The maximum absolute atomic E-state index is 6.15. The smallest absolute Gasteiger partial charge is 0.231 e. The predicted octanol–water partition coefficient (Wildman–Crippen LogP) is 2.75. The zero-order chi connectivity index (χ0) is 19.0. The molecule has 1 saturated heterocycles. The van der Waals surface area contributed by atoms with E-state index in [4.69, 9.17) is 14.9 Å². The summed E-state index contributed by atoms with van der Waals surface area (Å²) in [6.07, 6.45) is 0. The number of methoxy groups -OCH3 is 1. The molecule has 0 unspecified atom stereocenters. The second-order valence-electron chi connectivity index (χ2n) is 6.95. The van der Waals surface area contributed by atoms with E-state index in [0.29, 0.717) is 23.9 Å². The summed E-state index contributed by atoms with van der Waals surface area (Å²) in [6.45, 7) is 8.36. The van der Waals surface area contributed by atoms with Crippen LogP contribution in [0.1, 0.15) is 17.1 Å². The van der Waals surface area contributed by atoms with E-state index in [-0.39, 0.29) is 0 Å². The summed E-state index contributed by atoms with van der Waals surface area (Å²) in [4.78, 5) is 13.8. The number of nitrogen functional groups attached to an aromatic ring is 1. The largest absolute Gasteiger partial charge is 0.497 e. The van der Waals surface area contributed by atoms with Crippen molar-refractivity contribution in [3.63, 3.8) is 0 Å². The van der Waals surface area contributed by atoms with Crippen LogP contribution in [0.5, 0.6) is 5.75 Å². The molecule has 3 heterocycles. The average molecular weight is 367 g/mol. The highest BCUT2D eigenvalue weighted by Gasteiger charge is 2.20. The summed E-state index contributed by atoms with van der Waals surface area (Å²) in [6, 6.07) is 8.20. The highest BCUT2D eigenvalue weighted by molar-refractivity contribution is 5.88. The molecule has 0 atom stereocenters. The molecule has 27 heavy (non-hydrogen) atoms. The molecule has 2 N–H and O–H groups in total. The number of nitrogens with two attached hydrogens (primary N) is 1. The monoisotopic (exact) mass is 367 g/mol. The lowest BCUT2D eigenvalue weighted by Gasteiger charge is -2.35. The Balaban J connectivity index is 1.44. The Bertz CT molecular complexity index is 960. The third-order valence-electron chi connectivity index (χ3n) is 5.26. The first-order chi connectivity index (χ1) is 13.0. The van der Waals surface area contributed by atoms with E-state index >= 15 is 0 Å². The lowest BCUT2D eigenvalue weighted by Crippen LogP contribution is -2.46. The summed E-state index contributed by atoms with van der Waals surface area (Å²) in [5.74, 6) is 2.94. The number of hydrogen-bond donors (Lipinski definition) is 1. The molecule has 1 aromatic carbocycles. The third-order valence-corrected chi connectivity index (χ3v) is 5.26. The number of piperazine rings is 1. The summed E-state index contributed by atoms with van der Waals surface area (Å²) in [7, 11) is 1.70. The Morgan fingerprint density at radius 3 is 2.67 bits per heavy atom. The minimum absolute atomic E-state index is 0.499. The number of benzene rings is 1. The van der Waals surface area contributed by atoms with Crippen LogP contribution >= 0.6 is 0 Å². The Kier molecular flexibility index (Phi) is 4.61. The lowest BCUT2D eigenvalue weighted by atomic mass is 10.2. The standard InChI is InChI=1S/C20H25N5O2/c1-13-14(2)27-20-18(13)19(21)22-17(23-20)12-24-7-9-25(10-8-24)15-5-4-6-16(11-15)26-3/h4-6,11H,7-10,12H2,1-3H3,(H2,21,22,23). The molecule has 1 fully saturated rings. The molecule has 7 heteroatoms. The Hall–Kier alpha value is -2.80. The normalized spacial score (nSPS) is 15.4. The first-order valence-corrected chi connectivity index (χ1v) is 9.18. The summed E-state index contributed by atoms with van der Waals surface area (Å²) >= 11 is 0. The van der Waals surface area contributed by atoms with E-state index in [0.717, 1.165) is 48.6 Å². The fraction of sp³-hybridized carbons (Fsp3) is 0.400. The van der Waals surface area contributed by atoms with E-state index in [2.05, 4.69) is 31.9 Å². The molecule has 0 amide bonds. The minimum atomic E-state index is 0.499. The molecule has 0 spiro atoms. The molecular formula is C20H25N5O2. The van der Waals surface area contributed by atoms with E-state index in [1.54, 1.807) is 7.11 Å². The zero-order valence-corrected chi connectivity index (χ0v) is 16.0. The van der Waals surface area contributed by atoms with Crippen LogP contribution < -0.4 is 15.4 Å². The Labute approximate surface area is 158 Å². The van der Waals surface area contributed by atoms with Crippen molar-refractivity contribution in [1.29, 1.82) is 0 Å². The Morgan fingerprint density at radius 2 is 1.93 bits per heavy atom. The molecule has 4 rings (SSSR count). The van der Waals surface area contributed by atoms with Crippen LogP contribution in [0.4, 0.5) is 11.5 Å². The van der Waals surface area contributed by atoms with Crippen LogP contribution in [-0.2, 0) is 6.54 Å². The van der Waals surface area contributed by atoms with Gasteiger partial charge in [0.25, 0.3) is 0 Å². The molecule has 2 aromatic heterocycles. The van der Waals surface area contributed by atoms with Crippen LogP contribution in [0, 0.1) is 13.8 Å². The maximum Gasteiger partial charge on any atom is 0.231 e. The van der Waals surface area contributed by atoms with E-state index in [1.165, 1.54) is 5.69 Å². The van der Waals surface area contributed by atoms with Crippen molar-refractivity contribution < 1.29 is 9.15 Å². The van der Waals surface area contributed by atoms with Crippen LogP contribution in [0.15, 0.2) is 28.7 Å². The van der Waals surface area contributed by atoms with Crippen molar-refractivity contribution in [1.82, 2.24) is 14.9 Å². The number of rotatable bonds is 4. The summed E-state index contributed by atoms with van der Waals surface area (Å²) in [5.41, 5.74) is 8.94. The van der Waals surface area contributed by atoms with Crippen molar-refractivity contribution in [2.45, 2.75) is 20.4 Å². The van der Waals surface area contributed by atoms with Gasteiger partial charge in [0.05, 0.1) is 19.0 Å². The maximum atomic E-state index is 6.15. The van der Waals surface area contributed by atoms with E-state index in [9.17, 15) is 0 Å². The van der Waals surface area contributed by atoms with Gasteiger partial charge in [-0.1, -0.05) is 6.07 Å². The Morgan fingerprint density at radius 1 is 1.15 bits per heavy atom. The molecule has 7 nitrogen and oxygen atoms in total. The van der Waals surface area contributed by atoms with Gasteiger partial charge >= 0.3 is 0 Å². The number of anilines is 2. The number of aromatic nitrogens is 2. The van der Waals surface area contributed by atoms with Gasteiger partial charge in [-0.3, -0.25) is 4.90 Å². The highest BCUT2D eigenvalue weighted by Crippen LogP contribution is 2.27. The topological polar surface area (TPSA) is 80.7 Å². The number of fused-ring (bicyclic) bond motifs is 1. The van der Waals surface area contributed by atoms with Gasteiger partial charge in [0.1, 0.15) is 23.2 Å². The average Bonchev–Trinajstić information content (AvgIpc) is 2.96. The molecule has 1 aliphatic rings. The lowest BCUT2D eigenvalue weighted by molar-refractivity contribution is 0.244. The number of ether oxygens (including phenoxy) is 1. The van der Waals surface area contributed by atoms with Gasteiger partial charge in [-0.2, -0.15) is 4.98 Å². The second-order valence-corrected chi connectivity index (χ2v) is 6.95. The van der Waals surface area contributed by atoms with Crippen molar-refractivity contribution >= 4 is 22.6 Å². The van der Waals surface area contributed by atoms with Gasteiger partial charge < -0.3 is 19.8 Å². The minimum Gasteiger partial charge on any atom is -0.497 e. The van der Waals surface area contributed by atoms with Gasteiger partial charge in [0, 0.05) is 43.5 Å². The quantitative estimate of drug-likeness (QED) is 0.759. The number of hydrogen-bond acceptors (Lipinski definition) is 7. The van der Waals surface area contributed by atoms with Gasteiger partial charge in [-0.05, 0) is 26.0 Å². The van der Waals surface area contributed by atoms with Gasteiger partial charge in [0.2, 0.25) is 5.71 Å². The predicted molar refractivity (Wildman–Crippen MR) is 106 cm³/mol. The third kappa shape index (κ3) is 3.42. The van der Waals surface area contributed by atoms with Crippen molar-refractivity contribution in [3.05, 3.63) is 41.4 Å². The van der Waals surface area contributed by atoms with E-state index in [1.807, 2.05) is 26.0 Å². The number of furan rings is 1. The van der Waals surface area contributed by atoms with E-state index < -0.39 is 0 Å². The van der Waals surface area contributed by atoms with Crippen molar-refractivity contribution in [2.75, 3.05) is 43.9 Å². The van der Waals surface area contributed by atoms with Gasteiger partial charge in [-0.25, -0.2) is 4.98 Å². The molecule has 3 aromatic rings. The van der Waals surface area contributed by atoms with Crippen molar-refractivity contribution in [2.24, 2.45) is 0 Å². The SMILES string of the molecule is COc1cccc(N2CCN(Cc3nc(N)c4c(C)c(C)oc4n3)CC2)c1. The molecule has 0 saturated carbocycles. The van der Waals surface area contributed by atoms with Crippen LogP contribution in [0.3, 0.4) is 0 Å². The molecule has 1 aliphatic heterocycles. The highest BCUT2D eigenvalue weighted by atomic mass is 16.5. The molecule has 142 valence electrons. The first kappa shape index (κ1) is 17.6. The molecule has 0 aliphatic carbocycles. The number of aryl methyl sites for hydroxylation is 2. The first-order valence-electron chi connectivity index (χ1n) is 9.18. The fourth-order valence-electron chi connectivity index (χ4n) is 3.57. The summed E-state index contributed by atoms with van der Waals surface area (Å²) in [5, 5.41) is 0.832. The summed E-state index contributed by atoms with van der Waals surface area (Å²) < 4.78 is 11.1. The molecular weight excluding hydrogens is 342 g/mol. The van der Waals surface area contributed by atoms with Gasteiger partial charge in [0.15, 0.2) is 0 Å². The van der Waals surface area contributed by atoms with Crippen LogP contribution in [0.25, 0.3) is 11.1 Å². The molecule has 0 radical (unpaired) electrons. The van der Waals surface area contributed by atoms with Crippen LogP contribution in [0.2, 0.25) is 0 Å². The second kappa shape index (κ2) is 7.08.